The summed E-state index contributed by atoms with van der Waals surface area (Å²) in [4.78, 5) is 2.19. The summed E-state index contributed by atoms with van der Waals surface area (Å²) in [6.45, 7) is 3.30. The van der Waals surface area contributed by atoms with Crippen LogP contribution >= 0.6 is 11.3 Å². The molecule has 1 unspecified atom stereocenters. The molecule has 1 atom stereocenters. The highest BCUT2D eigenvalue weighted by molar-refractivity contribution is 7.07. The van der Waals surface area contributed by atoms with Gasteiger partial charge in [0.15, 0.2) is 6.29 Å². The van der Waals surface area contributed by atoms with E-state index in [1.165, 1.54) is 5.56 Å². The van der Waals surface area contributed by atoms with Crippen LogP contribution in [0.25, 0.3) is 0 Å². The zero-order valence-electron chi connectivity index (χ0n) is 12.4. The predicted molar refractivity (Wildman–Crippen MR) is 86.7 cm³/mol. The van der Waals surface area contributed by atoms with Crippen molar-refractivity contribution in [2.45, 2.75) is 18.9 Å². The molecule has 0 aliphatic carbocycles. The number of hydrogen-bond acceptors (Lipinski definition) is 5. The molecular weight excluding hydrogens is 298 g/mol. The number of thiophene rings is 1. The van der Waals surface area contributed by atoms with Crippen molar-refractivity contribution in [1.82, 2.24) is 4.90 Å². The van der Waals surface area contributed by atoms with E-state index in [2.05, 4.69) is 17.0 Å². The first kappa shape index (κ1) is 15.6. The van der Waals surface area contributed by atoms with Crippen LogP contribution in [-0.4, -0.2) is 42.6 Å². The molecule has 3 rings (SSSR count). The zero-order chi connectivity index (χ0) is 15.2. The van der Waals surface area contributed by atoms with Crippen molar-refractivity contribution in [3.63, 3.8) is 0 Å². The fourth-order valence-corrected chi connectivity index (χ4v) is 3.29. The van der Waals surface area contributed by atoms with Gasteiger partial charge in [0.25, 0.3) is 0 Å². The van der Waals surface area contributed by atoms with Crippen LogP contribution in [0.1, 0.15) is 17.2 Å². The third-order valence-corrected chi connectivity index (χ3v) is 4.41. The van der Waals surface area contributed by atoms with Crippen LogP contribution in [0.15, 0.2) is 47.2 Å². The molecule has 0 spiro atoms. The first-order chi connectivity index (χ1) is 10.8. The van der Waals surface area contributed by atoms with Gasteiger partial charge in [-0.25, -0.2) is 0 Å². The molecule has 0 radical (unpaired) electrons. The molecule has 1 aromatic heterocycles. The minimum atomic E-state index is -0.489. The molecular formula is C17H21NO3S. The predicted octanol–water partition coefficient (Wildman–Crippen LogP) is 2.66. The second-order valence-electron chi connectivity index (χ2n) is 5.42. The summed E-state index contributed by atoms with van der Waals surface area (Å²) >= 11 is 1.60. The van der Waals surface area contributed by atoms with Crippen LogP contribution in [0.3, 0.4) is 0 Å². The topological polar surface area (TPSA) is 41.9 Å². The van der Waals surface area contributed by atoms with Gasteiger partial charge in [0, 0.05) is 19.6 Å². The molecule has 1 N–H and O–H groups in total. The van der Waals surface area contributed by atoms with E-state index in [-0.39, 0.29) is 6.29 Å². The summed E-state index contributed by atoms with van der Waals surface area (Å²) in [7, 11) is 0. The Labute approximate surface area is 134 Å². The second-order valence-corrected chi connectivity index (χ2v) is 6.20. The van der Waals surface area contributed by atoms with E-state index in [0.717, 1.165) is 12.1 Å². The minimum absolute atomic E-state index is 0.196. The molecule has 2 aromatic rings. The Bertz CT molecular complexity index is 540. The molecule has 1 saturated heterocycles. The van der Waals surface area contributed by atoms with Crippen LogP contribution in [0, 0.1) is 0 Å². The normalized spacial score (nSPS) is 17.2. The van der Waals surface area contributed by atoms with Gasteiger partial charge in [0.2, 0.25) is 0 Å². The lowest BCUT2D eigenvalue weighted by Gasteiger charge is -2.27. The van der Waals surface area contributed by atoms with Gasteiger partial charge in [-0.1, -0.05) is 30.3 Å². The molecule has 0 bridgehead atoms. The Kier molecular flexibility index (Phi) is 5.58. The van der Waals surface area contributed by atoms with Crippen molar-refractivity contribution in [2.24, 2.45) is 0 Å². The standard InChI is InChI=1S/C17H21NO3S/c19-16(15-6-9-22-13-15)11-18(12-17-20-7-8-21-17)10-14-4-2-1-3-5-14/h1-6,9,13,16-17,19H,7-8,10-12H2. The van der Waals surface area contributed by atoms with Crippen LogP contribution in [0.5, 0.6) is 0 Å². The minimum Gasteiger partial charge on any atom is -0.387 e. The average molecular weight is 319 g/mol. The van der Waals surface area contributed by atoms with E-state index >= 15 is 0 Å². The number of benzene rings is 1. The van der Waals surface area contributed by atoms with Gasteiger partial charge in [-0.3, -0.25) is 4.90 Å². The summed E-state index contributed by atoms with van der Waals surface area (Å²) in [6, 6.07) is 12.2. The van der Waals surface area contributed by atoms with E-state index in [1.807, 2.05) is 35.0 Å². The number of ether oxygens (including phenoxy) is 2. The first-order valence-corrected chi connectivity index (χ1v) is 8.45. The van der Waals surface area contributed by atoms with Gasteiger partial charge in [0.1, 0.15) is 0 Å². The number of rotatable bonds is 7. The van der Waals surface area contributed by atoms with Gasteiger partial charge < -0.3 is 14.6 Å². The Hall–Kier alpha value is -1.24. The lowest BCUT2D eigenvalue weighted by Crippen LogP contribution is -2.35. The van der Waals surface area contributed by atoms with Gasteiger partial charge in [-0.05, 0) is 28.0 Å². The maximum atomic E-state index is 10.4. The van der Waals surface area contributed by atoms with E-state index < -0.39 is 6.10 Å². The Morgan fingerprint density at radius 1 is 1.18 bits per heavy atom. The lowest BCUT2D eigenvalue weighted by molar-refractivity contribution is -0.0684. The first-order valence-electron chi connectivity index (χ1n) is 7.51. The lowest BCUT2D eigenvalue weighted by atomic mass is 10.1. The van der Waals surface area contributed by atoms with E-state index in [1.54, 1.807) is 11.3 Å². The summed E-state index contributed by atoms with van der Waals surface area (Å²) in [5.41, 5.74) is 2.19. The SMILES string of the molecule is OC(CN(Cc1ccccc1)CC1OCCO1)c1ccsc1. The highest BCUT2D eigenvalue weighted by Crippen LogP contribution is 2.19. The van der Waals surface area contributed by atoms with E-state index in [4.69, 9.17) is 9.47 Å². The summed E-state index contributed by atoms with van der Waals surface area (Å²) in [5.74, 6) is 0. The third-order valence-electron chi connectivity index (χ3n) is 3.71. The summed E-state index contributed by atoms with van der Waals surface area (Å²) in [6.07, 6.45) is -0.685. The van der Waals surface area contributed by atoms with Crippen LogP contribution in [-0.2, 0) is 16.0 Å². The van der Waals surface area contributed by atoms with Crippen molar-refractivity contribution < 1.29 is 14.6 Å². The Morgan fingerprint density at radius 2 is 1.95 bits per heavy atom. The largest absolute Gasteiger partial charge is 0.387 e. The number of hydrogen-bond donors (Lipinski definition) is 1. The van der Waals surface area contributed by atoms with Gasteiger partial charge in [-0.2, -0.15) is 11.3 Å². The summed E-state index contributed by atoms with van der Waals surface area (Å²) in [5, 5.41) is 14.4. The Morgan fingerprint density at radius 3 is 2.64 bits per heavy atom. The van der Waals surface area contributed by atoms with Crippen LogP contribution in [0.2, 0.25) is 0 Å². The highest BCUT2D eigenvalue weighted by Gasteiger charge is 2.22. The molecule has 22 heavy (non-hydrogen) atoms. The molecule has 2 heterocycles. The molecule has 1 aromatic carbocycles. The molecule has 0 saturated carbocycles. The molecule has 4 nitrogen and oxygen atoms in total. The quantitative estimate of drug-likeness (QED) is 0.852. The molecule has 118 valence electrons. The van der Waals surface area contributed by atoms with Gasteiger partial charge >= 0.3 is 0 Å². The molecule has 5 heteroatoms. The fourth-order valence-electron chi connectivity index (χ4n) is 2.58. The zero-order valence-corrected chi connectivity index (χ0v) is 13.2. The van der Waals surface area contributed by atoms with Crippen LogP contribution in [0.4, 0.5) is 0 Å². The van der Waals surface area contributed by atoms with Crippen molar-refractivity contribution in [3.05, 3.63) is 58.3 Å². The number of nitrogens with zero attached hydrogens (tertiary/aromatic N) is 1. The van der Waals surface area contributed by atoms with E-state index in [0.29, 0.717) is 26.3 Å². The van der Waals surface area contributed by atoms with Gasteiger partial charge in [-0.15, -0.1) is 0 Å². The number of aliphatic hydroxyl groups is 1. The third kappa shape index (κ3) is 4.38. The van der Waals surface area contributed by atoms with Crippen molar-refractivity contribution in [3.8, 4) is 0 Å². The summed E-state index contributed by atoms with van der Waals surface area (Å²) < 4.78 is 11.1. The van der Waals surface area contributed by atoms with Crippen molar-refractivity contribution in [1.29, 1.82) is 0 Å². The maximum absolute atomic E-state index is 10.4. The average Bonchev–Trinajstić information content (AvgIpc) is 3.21. The molecule has 0 amide bonds. The highest BCUT2D eigenvalue weighted by atomic mass is 32.1. The van der Waals surface area contributed by atoms with Crippen LogP contribution < -0.4 is 0 Å². The monoisotopic (exact) mass is 319 g/mol. The van der Waals surface area contributed by atoms with Crippen molar-refractivity contribution >= 4 is 11.3 Å². The van der Waals surface area contributed by atoms with E-state index in [9.17, 15) is 5.11 Å². The molecule has 1 aliphatic rings. The maximum Gasteiger partial charge on any atom is 0.170 e. The Balaban J connectivity index is 1.64. The molecule has 1 fully saturated rings. The van der Waals surface area contributed by atoms with Gasteiger partial charge in [0.05, 0.1) is 19.3 Å². The molecule has 1 aliphatic heterocycles. The fraction of sp³-hybridized carbons (Fsp3) is 0.412. The second kappa shape index (κ2) is 7.85. The smallest absolute Gasteiger partial charge is 0.170 e. The number of aliphatic hydroxyl groups excluding tert-OH is 1. The van der Waals surface area contributed by atoms with Crippen molar-refractivity contribution in [2.75, 3.05) is 26.3 Å².